The molecule has 0 N–H and O–H groups in total. The zero-order valence-electron chi connectivity index (χ0n) is 19.9. The van der Waals surface area contributed by atoms with Gasteiger partial charge >= 0.3 is 0 Å². The summed E-state index contributed by atoms with van der Waals surface area (Å²) in [6.07, 6.45) is 18.6. The Morgan fingerprint density at radius 2 is 1.32 bits per heavy atom. The molecule has 5 rings (SSSR count). The summed E-state index contributed by atoms with van der Waals surface area (Å²) in [5.41, 5.74) is 1.51. The second-order valence-electron chi connectivity index (χ2n) is 11.5. The molecule has 0 amide bonds. The maximum Gasteiger partial charge on any atom is 0.227 e. The van der Waals surface area contributed by atoms with Gasteiger partial charge in [0.1, 0.15) is 11.9 Å². The molecule has 1 aromatic carbocycles. The number of rotatable bonds is 6. The third-order valence-corrected chi connectivity index (χ3v) is 9.52. The Balaban J connectivity index is 1.05. The second kappa shape index (κ2) is 9.86. The maximum atomic E-state index is 6.20. The van der Waals surface area contributed by atoms with Crippen molar-refractivity contribution in [1.82, 2.24) is 0 Å². The fourth-order valence-corrected chi connectivity index (χ4v) is 7.10. The number of hydrogen-bond acceptors (Lipinski definition) is 2. The first-order chi connectivity index (χ1) is 15.2. The van der Waals surface area contributed by atoms with Crippen molar-refractivity contribution in [1.29, 1.82) is 0 Å². The molecule has 31 heavy (non-hydrogen) atoms. The number of benzene rings is 1. The lowest BCUT2D eigenvalue weighted by molar-refractivity contribution is 0.138. The van der Waals surface area contributed by atoms with Crippen LogP contribution in [0.3, 0.4) is 0 Å². The summed E-state index contributed by atoms with van der Waals surface area (Å²) in [4.78, 5) is 0. The van der Waals surface area contributed by atoms with Crippen molar-refractivity contribution in [2.75, 3.05) is 0 Å². The lowest BCUT2D eigenvalue weighted by atomic mass is 9.69. The summed E-state index contributed by atoms with van der Waals surface area (Å²) in [5.74, 6) is 6.39. The Bertz CT molecular complexity index is 673. The fourth-order valence-electron chi connectivity index (χ4n) is 7.10. The first-order valence-corrected chi connectivity index (χ1v) is 13.6. The van der Waals surface area contributed by atoms with E-state index in [4.69, 9.17) is 9.47 Å². The van der Waals surface area contributed by atoms with Gasteiger partial charge in [-0.1, -0.05) is 45.2 Å². The van der Waals surface area contributed by atoms with E-state index >= 15 is 0 Å². The Hall–Kier alpha value is -1.02. The zero-order chi connectivity index (χ0) is 21.2. The molecule has 1 saturated heterocycles. The number of ether oxygens (including phenoxy) is 2. The highest BCUT2D eigenvalue weighted by Crippen LogP contribution is 2.46. The van der Waals surface area contributed by atoms with Gasteiger partial charge in [-0.15, -0.1) is 0 Å². The van der Waals surface area contributed by atoms with Crippen LogP contribution in [-0.2, 0) is 4.74 Å². The van der Waals surface area contributed by atoms with Crippen molar-refractivity contribution >= 4 is 0 Å². The Labute approximate surface area is 190 Å². The topological polar surface area (TPSA) is 21.8 Å². The molecule has 172 valence electrons. The van der Waals surface area contributed by atoms with Crippen LogP contribution in [0.5, 0.6) is 5.75 Å². The minimum atomic E-state index is 0.00271. The summed E-state index contributed by atoms with van der Waals surface area (Å²) in [6, 6.07) is 8.97. The highest BCUT2D eigenvalue weighted by atomic mass is 16.8. The highest BCUT2D eigenvalue weighted by molar-refractivity contribution is 5.30. The van der Waals surface area contributed by atoms with Crippen LogP contribution in [-0.4, -0.2) is 12.4 Å². The van der Waals surface area contributed by atoms with Gasteiger partial charge in [0, 0.05) is 0 Å². The molecule has 2 nitrogen and oxygen atoms in total. The molecule has 3 aliphatic carbocycles. The number of hydrogen-bond donors (Lipinski definition) is 0. The van der Waals surface area contributed by atoms with Gasteiger partial charge in [0.2, 0.25) is 6.29 Å². The van der Waals surface area contributed by atoms with E-state index in [0.717, 1.165) is 41.3 Å². The lowest BCUT2D eigenvalue weighted by Gasteiger charge is -2.37. The van der Waals surface area contributed by atoms with Crippen LogP contribution >= 0.6 is 0 Å². The van der Waals surface area contributed by atoms with E-state index in [1.54, 1.807) is 0 Å². The Morgan fingerprint density at radius 3 is 1.94 bits per heavy atom. The van der Waals surface area contributed by atoms with E-state index in [9.17, 15) is 0 Å². The van der Waals surface area contributed by atoms with Gasteiger partial charge in [-0.25, -0.2) is 0 Å². The van der Waals surface area contributed by atoms with Gasteiger partial charge in [-0.2, -0.15) is 0 Å². The van der Waals surface area contributed by atoms with Crippen molar-refractivity contribution in [2.24, 2.45) is 29.6 Å². The van der Waals surface area contributed by atoms with Crippen molar-refractivity contribution in [3.8, 4) is 5.75 Å². The highest BCUT2D eigenvalue weighted by Gasteiger charge is 2.48. The monoisotopic (exact) mass is 424 g/mol. The van der Waals surface area contributed by atoms with E-state index in [0.29, 0.717) is 6.10 Å². The minimum Gasteiger partial charge on any atom is -0.462 e. The average Bonchev–Trinajstić information content (AvgIpc) is 3.59. The van der Waals surface area contributed by atoms with Crippen molar-refractivity contribution < 1.29 is 9.47 Å². The number of epoxide rings is 1. The lowest BCUT2D eigenvalue weighted by Crippen LogP contribution is -2.27. The smallest absolute Gasteiger partial charge is 0.227 e. The first-order valence-electron chi connectivity index (χ1n) is 13.6. The van der Waals surface area contributed by atoms with Crippen LogP contribution in [0.25, 0.3) is 0 Å². The molecule has 2 atom stereocenters. The summed E-state index contributed by atoms with van der Waals surface area (Å²) >= 11 is 0. The summed E-state index contributed by atoms with van der Waals surface area (Å²) < 4.78 is 12.2. The van der Waals surface area contributed by atoms with Gasteiger partial charge in [-0.05, 0) is 117 Å². The molecule has 2 unspecified atom stereocenters. The molecule has 4 fully saturated rings. The van der Waals surface area contributed by atoms with E-state index < -0.39 is 0 Å². The average molecular weight is 425 g/mol. The third kappa shape index (κ3) is 5.32. The fraction of sp³-hybridized carbons (Fsp3) is 0.793. The summed E-state index contributed by atoms with van der Waals surface area (Å²) in [6.45, 7) is 4.77. The quantitative estimate of drug-likeness (QED) is 0.430. The van der Waals surface area contributed by atoms with Crippen LogP contribution in [0, 0.1) is 29.6 Å². The molecular formula is C29H44O2. The van der Waals surface area contributed by atoms with Crippen LogP contribution in [0.2, 0.25) is 0 Å². The van der Waals surface area contributed by atoms with Crippen LogP contribution in [0.15, 0.2) is 24.3 Å². The molecule has 0 bridgehead atoms. The SMILES string of the molecule is CCC1CCC(c2ccc(OC3OC3C3CCC(C4CCC(C)CC4)CC3)cc2)CC1. The summed E-state index contributed by atoms with van der Waals surface area (Å²) in [7, 11) is 0. The molecule has 1 aromatic rings. The standard InChI is InChI=1S/C29H44O2/c1-3-21-6-10-23(11-7-21)25-16-18-27(19-17-25)30-29-28(31-29)26-14-12-24(13-15-26)22-8-4-20(2)5-9-22/h16-24,26,28-29H,3-15H2,1-2H3. The molecule has 1 heterocycles. The van der Waals surface area contributed by atoms with Crippen molar-refractivity contribution in [2.45, 2.75) is 116 Å². The van der Waals surface area contributed by atoms with Gasteiger partial charge in [-0.3, -0.25) is 0 Å². The van der Waals surface area contributed by atoms with Gasteiger partial charge in [0.15, 0.2) is 0 Å². The molecule has 2 heteroatoms. The van der Waals surface area contributed by atoms with E-state index in [1.807, 2.05) is 0 Å². The maximum absolute atomic E-state index is 6.20. The van der Waals surface area contributed by atoms with Crippen LogP contribution in [0.1, 0.15) is 109 Å². The van der Waals surface area contributed by atoms with E-state index in [-0.39, 0.29) is 6.29 Å². The van der Waals surface area contributed by atoms with Gasteiger partial charge in [0.25, 0.3) is 0 Å². The molecule has 3 saturated carbocycles. The molecule has 4 aliphatic rings. The van der Waals surface area contributed by atoms with Crippen LogP contribution in [0.4, 0.5) is 0 Å². The molecule has 0 aromatic heterocycles. The normalized spacial score (nSPS) is 41.0. The Kier molecular flexibility index (Phi) is 6.93. The van der Waals surface area contributed by atoms with Crippen LogP contribution < -0.4 is 4.74 Å². The summed E-state index contributed by atoms with van der Waals surface area (Å²) in [5, 5.41) is 0. The molecule has 1 aliphatic heterocycles. The van der Waals surface area contributed by atoms with Crippen molar-refractivity contribution in [3.63, 3.8) is 0 Å². The van der Waals surface area contributed by atoms with Gasteiger partial charge in [0.05, 0.1) is 0 Å². The van der Waals surface area contributed by atoms with Crippen molar-refractivity contribution in [3.05, 3.63) is 29.8 Å². The molecule has 0 spiro atoms. The largest absolute Gasteiger partial charge is 0.462 e. The second-order valence-corrected chi connectivity index (χ2v) is 11.5. The van der Waals surface area contributed by atoms with E-state index in [2.05, 4.69) is 38.1 Å². The molecule has 0 radical (unpaired) electrons. The Morgan fingerprint density at radius 1 is 0.742 bits per heavy atom. The first kappa shape index (κ1) is 21.8. The molecular weight excluding hydrogens is 380 g/mol. The third-order valence-electron chi connectivity index (χ3n) is 9.52. The predicted octanol–water partition coefficient (Wildman–Crippen LogP) is 8.11. The predicted molar refractivity (Wildman–Crippen MR) is 127 cm³/mol. The van der Waals surface area contributed by atoms with E-state index in [1.165, 1.54) is 89.0 Å². The van der Waals surface area contributed by atoms with Gasteiger partial charge < -0.3 is 9.47 Å². The minimum absolute atomic E-state index is 0.00271. The zero-order valence-corrected chi connectivity index (χ0v) is 19.9.